The highest BCUT2D eigenvalue weighted by molar-refractivity contribution is 5.79. The molecule has 0 radical (unpaired) electrons. The van der Waals surface area contributed by atoms with E-state index in [1.165, 1.54) is 5.56 Å². The molecule has 27 heavy (non-hydrogen) atoms. The smallest absolute Gasteiger partial charge is 0.191 e. The van der Waals surface area contributed by atoms with Crippen molar-refractivity contribution in [2.24, 2.45) is 4.99 Å². The lowest BCUT2D eigenvalue weighted by atomic mass is 10.1. The quantitative estimate of drug-likeness (QED) is 0.448. The van der Waals surface area contributed by atoms with Crippen molar-refractivity contribution in [1.82, 2.24) is 25.1 Å². The Morgan fingerprint density at radius 2 is 2.07 bits per heavy atom. The first-order chi connectivity index (χ1) is 13.3. The molecule has 1 aliphatic rings. The number of imidazole rings is 1. The number of hydrogen-bond acceptors (Lipinski definition) is 3. The third kappa shape index (κ3) is 5.69. The predicted octanol–water partition coefficient (Wildman–Crippen LogP) is 2.25. The molecule has 2 heterocycles. The Morgan fingerprint density at radius 3 is 2.78 bits per heavy atom. The molecule has 0 aliphatic carbocycles. The molecule has 144 valence electrons. The molecule has 0 atom stereocenters. The summed E-state index contributed by atoms with van der Waals surface area (Å²) in [7, 11) is 1.82. The predicted molar refractivity (Wildman–Crippen MR) is 111 cm³/mol. The molecule has 1 aromatic carbocycles. The number of aromatic nitrogens is 2. The summed E-state index contributed by atoms with van der Waals surface area (Å²) in [5.74, 6) is 1.84. The van der Waals surface area contributed by atoms with E-state index in [1.54, 1.807) is 0 Å². The number of nitrogens with one attached hydrogen (secondary N) is 2. The van der Waals surface area contributed by atoms with Gasteiger partial charge < -0.3 is 15.2 Å². The van der Waals surface area contributed by atoms with E-state index in [1.807, 2.05) is 31.6 Å². The molecule has 0 unspecified atom stereocenters. The molecule has 1 aliphatic heterocycles. The van der Waals surface area contributed by atoms with Gasteiger partial charge in [0.2, 0.25) is 0 Å². The third-order valence-corrected chi connectivity index (χ3v) is 4.95. The van der Waals surface area contributed by atoms with Gasteiger partial charge in [0.1, 0.15) is 5.82 Å². The van der Waals surface area contributed by atoms with Crippen molar-refractivity contribution >= 4 is 5.96 Å². The fourth-order valence-electron chi connectivity index (χ4n) is 3.42. The van der Waals surface area contributed by atoms with Crippen LogP contribution in [0.5, 0.6) is 0 Å². The van der Waals surface area contributed by atoms with Crippen molar-refractivity contribution in [3.8, 4) is 0 Å². The van der Waals surface area contributed by atoms with Crippen LogP contribution in [0.15, 0.2) is 60.4 Å². The standard InChI is InChI=1S/C21H30N6/c1-3-12-26-13-9-19(10-14-26)25-21(22-2)24-16-20-23-11-15-27(20)17-18-7-5-4-6-8-18/h3-8,11,15,19H,1,9-10,12-14,16-17H2,2H3,(H2,22,24,25). The molecule has 0 bridgehead atoms. The van der Waals surface area contributed by atoms with Gasteiger partial charge in [0.25, 0.3) is 0 Å². The maximum atomic E-state index is 4.50. The lowest BCUT2D eigenvalue weighted by molar-refractivity contribution is 0.225. The third-order valence-electron chi connectivity index (χ3n) is 4.95. The molecule has 1 saturated heterocycles. The Kier molecular flexibility index (Phi) is 7.04. The van der Waals surface area contributed by atoms with Gasteiger partial charge >= 0.3 is 0 Å². The summed E-state index contributed by atoms with van der Waals surface area (Å²) in [4.78, 5) is 11.3. The van der Waals surface area contributed by atoms with Crippen LogP contribution in [-0.4, -0.2) is 53.1 Å². The molecule has 2 aromatic rings. The minimum atomic E-state index is 0.460. The lowest BCUT2D eigenvalue weighted by Gasteiger charge is -2.32. The number of aliphatic imine (C=N–C) groups is 1. The summed E-state index contributed by atoms with van der Waals surface area (Å²) in [6.07, 6.45) is 8.10. The van der Waals surface area contributed by atoms with Crippen LogP contribution < -0.4 is 10.6 Å². The van der Waals surface area contributed by atoms with Gasteiger partial charge in [-0.3, -0.25) is 9.89 Å². The summed E-state index contributed by atoms with van der Waals surface area (Å²) >= 11 is 0. The van der Waals surface area contributed by atoms with Gasteiger partial charge in [-0.05, 0) is 18.4 Å². The van der Waals surface area contributed by atoms with Crippen LogP contribution in [0.1, 0.15) is 24.2 Å². The maximum Gasteiger partial charge on any atom is 0.191 e. The van der Waals surface area contributed by atoms with Crippen LogP contribution in [-0.2, 0) is 13.1 Å². The Balaban J connectivity index is 1.49. The molecule has 0 saturated carbocycles. The molecular weight excluding hydrogens is 336 g/mol. The number of nitrogens with zero attached hydrogens (tertiary/aromatic N) is 4. The van der Waals surface area contributed by atoms with Crippen molar-refractivity contribution in [1.29, 1.82) is 0 Å². The zero-order valence-electron chi connectivity index (χ0n) is 16.1. The first kappa shape index (κ1) is 19.2. The van der Waals surface area contributed by atoms with E-state index < -0.39 is 0 Å². The van der Waals surface area contributed by atoms with Gasteiger partial charge in [0.05, 0.1) is 6.54 Å². The zero-order valence-corrected chi connectivity index (χ0v) is 16.1. The molecule has 0 amide bonds. The van der Waals surface area contributed by atoms with E-state index in [4.69, 9.17) is 0 Å². The van der Waals surface area contributed by atoms with Gasteiger partial charge in [0.15, 0.2) is 5.96 Å². The summed E-state index contributed by atoms with van der Waals surface area (Å²) in [5, 5.41) is 6.96. The van der Waals surface area contributed by atoms with E-state index in [0.717, 1.165) is 50.8 Å². The Bertz CT molecular complexity index is 728. The average Bonchev–Trinajstić information content (AvgIpc) is 3.14. The maximum absolute atomic E-state index is 4.50. The molecule has 2 N–H and O–H groups in total. The number of guanidine groups is 1. The summed E-state index contributed by atoms with van der Waals surface area (Å²) < 4.78 is 2.17. The SMILES string of the molecule is C=CCN1CCC(NC(=NC)NCc2nccn2Cc2ccccc2)CC1. The number of benzene rings is 1. The summed E-state index contributed by atoms with van der Waals surface area (Å²) in [5.41, 5.74) is 1.27. The summed E-state index contributed by atoms with van der Waals surface area (Å²) in [6.45, 7) is 8.47. The van der Waals surface area contributed by atoms with Gasteiger partial charge in [-0.2, -0.15) is 0 Å². The van der Waals surface area contributed by atoms with Crippen LogP contribution in [0.2, 0.25) is 0 Å². The van der Waals surface area contributed by atoms with Crippen molar-refractivity contribution in [3.63, 3.8) is 0 Å². The number of piperidine rings is 1. The summed E-state index contributed by atoms with van der Waals surface area (Å²) in [6, 6.07) is 10.9. The van der Waals surface area contributed by atoms with Crippen LogP contribution in [0, 0.1) is 0 Å². The fourth-order valence-corrected chi connectivity index (χ4v) is 3.42. The van der Waals surface area contributed by atoms with Gasteiger partial charge in [0, 0.05) is 51.7 Å². The van der Waals surface area contributed by atoms with Crippen molar-refractivity contribution in [3.05, 3.63) is 66.8 Å². The van der Waals surface area contributed by atoms with E-state index in [-0.39, 0.29) is 0 Å². The second-order valence-corrected chi connectivity index (χ2v) is 6.89. The van der Waals surface area contributed by atoms with E-state index >= 15 is 0 Å². The Morgan fingerprint density at radius 1 is 1.30 bits per heavy atom. The first-order valence-corrected chi connectivity index (χ1v) is 9.63. The molecule has 3 rings (SSSR count). The topological polar surface area (TPSA) is 57.5 Å². The highest BCUT2D eigenvalue weighted by atomic mass is 15.2. The van der Waals surface area contributed by atoms with E-state index in [0.29, 0.717) is 12.6 Å². The number of rotatable bonds is 7. The van der Waals surface area contributed by atoms with Crippen molar-refractivity contribution < 1.29 is 0 Å². The van der Waals surface area contributed by atoms with Crippen molar-refractivity contribution in [2.45, 2.75) is 32.0 Å². The molecule has 0 spiro atoms. The van der Waals surface area contributed by atoms with Crippen LogP contribution in [0.4, 0.5) is 0 Å². The highest BCUT2D eigenvalue weighted by Gasteiger charge is 2.19. The van der Waals surface area contributed by atoms with Crippen LogP contribution >= 0.6 is 0 Å². The number of hydrogen-bond donors (Lipinski definition) is 2. The normalized spacial score (nSPS) is 16.3. The molecule has 1 aromatic heterocycles. The van der Waals surface area contributed by atoms with E-state index in [2.05, 4.69) is 60.9 Å². The van der Waals surface area contributed by atoms with Crippen molar-refractivity contribution in [2.75, 3.05) is 26.7 Å². The minimum absolute atomic E-state index is 0.460. The Hall–Kier alpha value is -2.60. The number of likely N-dealkylation sites (tertiary alicyclic amines) is 1. The largest absolute Gasteiger partial charge is 0.354 e. The molecular formula is C21H30N6. The van der Waals surface area contributed by atoms with E-state index in [9.17, 15) is 0 Å². The molecule has 6 heteroatoms. The monoisotopic (exact) mass is 366 g/mol. The lowest BCUT2D eigenvalue weighted by Crippen LogP contribution is -2.48. The first-order valence-electron chi connectivity index (χ1n) is 9.63. The van der Waals surface area contributed by atoms with Gasteiger partial charge in [-0.1, -0.05) is 36.4 Å². The van der Waals surface area contributed by atoms with Crippen LogP contribution in [0.3, 0.4) is 0 Å². The highest BCUT2D eigenvalue weighted by Crippen LogP contribution is 2.10. The van der Waals surface area contributed by atoms with Crippen LogP contribution in [0.25, 0.3) is 0 Å². The zero-order chi connectivity index (χ0) is 18.9. The minimum Gasteiger partial charge on any atom is -0.354 e. The van der Waals surface area contributed by atoms with Gasteiger partial charge in [-0.15, -0.1) is 6.58 Å². The second-order valence-electron chi connectivity index (χ2n) is 6.89. The van der Waals surface area contributed by atoms with Gasteiger partial charge in [-0.25, -0.2) is 4.98 Å². The average molecular weight is 367 g/mol. The molecule has 1 fully saturated rings. The second kappa shape index (κ2) is 9.92. The Labute approximate surface area is 162 Å². The fraction of sp³-hybridized carbons (Fsp3) is 0.429. The molecule has 6 nitrogen and oxygen atoms in total.